The molecule has 0 aliphatic heterocycles. The molecule has 9 heteroatoms. The number of H-pyrrole nitrogens is 2. The Morgan fingerprint density at radius 3 is 2.75 bits per heavy atom. The minimum Gasteiger partial charge on any atom is -0.505 e. The lowest BCUT2D eigenvalue weighted by atomic mass is 10.1. The Morgan fingerprint density at radius 1 is 1.25 bits per heavy atom. The van der Waals surface area contributed by atoms with Gasteiger partial charge in [-0.2, -0.15) is 5.10 Å². The van der Waals surface area contributed by atoms with Crippen LogP contribution in [0.3, 0.4) is 0 Å². The molecule has 0 unspecified atom stereocenters. The van der Waals surface area contributed by atoms with E-state index in [1.165, 1.54) is 0 Å². The van der Waals surface area contributed by atoms with E-state index in [0.717, 1.165) is 10.9 Å². The summed E-state index contributed by atoms with van der Waals surface area (Å²) < 4.78 is 0. The number of aromatic nitrogens is 3. The number of nitrogens with zero attached hydrogens (tertiary/aromatic N) is 1. The van der Waals surface area contributed by atoms with Crippen LogP contribution in [0, 0.1) is 0 Å². The molecule has 1 aromatic carbocycles. The maximum absolute atomic E-state index is 12.0. The van der Waals surface area contributed by atoms with E-state index in [1.54, 1.807) is 18.3 Å². The van der Waals surface area contributed by atoms with Gasteiger partial charge in [-0.3, -0.25) is 14.4 Å². The highest BCUT2D eigenvalue weighted by Gasteiger charge is 2.23. The number of nitrogens with one attached hydrogen (secondary N) is 3. The Balaban J connectivity index is 2.11. The van der Waals surface area contributed by atoms with Gasteiger partial charge in [0.25, 0.3) is 11.5 Å². The first kappa shape index (κ1) is 15.3. The van der Waals surface area contributed by atoms with Crippen LogP contribution >= 0.6 is 0 Å². The third-order valence-corrected chi connectivity index (χ3v) is 3.43. The number of aromatic hydroxyl groups is 1. The Bertz CT molecular complexity index is 1000. The summed E-state index contributed by atoms with van der Waals surface area (Å²) in [4.78, 5) is 37.3. The second kappa shape index (κ2) is 5.88. The molecular formula is C15H12N4O5. The SMILES string of the molecule is O=C(O)CNC(=O)c1c(O)c(-c2c[nH]c3ccccc23)n[nH]c1=O. The van der Waals surface area contributed by atoms with E-state index in [1.807, 2.05) is 17.4 Å². The number of hydrogen-bond donors (Lipinski definition) is 5. The molecule has 0 saturated heterocycles. The summed E-state index contributed by atoms with van der Waals surface area (Å²) in [5.41, 5.74) is -0.221. The van der Waals surface area contributed by atoms with Gasteiger partial charge in [0.1, 0.15) is 17.8 Å². The van der Waals surface area contributed by atoms with Crippen LogP contribution in [0.15, 0.2) is 35.3 Å². The van der Waals surface area contributed by atoms with E-state index in [4.69, 9.17) is 5.11 Å². The highest BCUT2D eigenvalue weighted by Crippen LogP contribution is 2.33. The van der Waals surface area contributed by atoms with E-state index >= 15 is 0 Å². The molecule has 0 aliphatic rings. The van der Waals surface area contributed by atoms with Gasteiger partial charge in [-0.05, 0) is 6.07 Å². The number of amides is 1. The molecule has 2 aromatic heterocycles. The van der Waals surface area contributed by atoms with Gasteiger partial charge in [0.05, 0.1) is 0 Å². The zero-order valence-electron chi connectivity index (χ0n) is 12.2. The molecule has 122 valence electrons. The predicted molar refractivity (Wildman–Crippen MR) is 83.8 cm³/mol. The van der Waals surface area contributed by atoms with Crippen molar-refractivity contribution in [1.82, 2.24) is 20.5 Å². The number of hydrogen-bond acceptors (Lipinski definition) is 5. The second-order valence-electron chi connectivity index (χ2n) is 4.95. The Labute approximate surface area is 134 Å². The molecule has 9 nitrogen and oxygen atoms in total. The quantitative estimate of drug-likeness (QED) is 0.469. The number of para-hydroxylation sites is 1. The number of carboxylic acid groups (broad SMARTS) is 1. The number of benzene rings is 1. The lowest BCUT2D eigenvalue weighted by molar-refractivity contribution is -0.135. The number of carboxylic acids is 1. The van der Waals surface area contributed by atoms with Gasteiger partial charge in [0.2, 0.25) is 0 Å². The molecule has 0 atom stereocenters. The fourth-order valence-corrected chi connectivity index (χ4v) is 2.35. The van der Waals surface area contributed by atoms with Crippen molar-refractivity contribution >= 4 is 22.8 Å². The number of fused-ring (bicyclic) bond motifs is 1. The fourth-order valence-electron chi connectivity index (χ4n) is 2.35. The highest BCUT2D eigenvalue weighted by molar-refractivity contribution is 6.02. The molecule has 5 N–H and O–H groups in total. The van der Waals surface area contributed by atoms with Crippen LogP contribution in [0.4, 0.5) is 0 Å². The van der Waals surface area contributed by atoms with Gasteiger partial charge < -0.3 is 20.5 Å². The average molecular weight is 328 g/mol. The Morgan fingerprint density at radius 2 is 2.00 bits per heavy atom. The van der Waals surface area contributed by atoms with Crippen molar-refractivity contribution in [3.05, 3.63) is 46.4 Å². The summed E-state index contributed by atoms with van der Waals surface area (Å²) in [6, 6.07) is 7.23. The number of aromatic amines is 2. The van der Waals surface area contributed by atoms with Crippen LogP contribution in [0.25, 0.3) is 22.2 Å². The summed E-state index contributed by atoms with van der Waals surface area (Å²) in [5.74, 6) is -2.89. The fraction of sp³-hybridized carbons (Fsp3) is 0.0667. The van der Waals surface area contributed by atoms with E-state index < -0.39 is 35.3 Å². The van der Waals surface area contributed by atoms with Crippen LogP contribution in [0.5, 0.6) is 5.75 Å². The minimum atomic E-state index is -1.27. The monoisotopic (exact) mass is 328 g/mol. The number of rotatable bonds is 4. The molecule has 2 heterocycles. The van der Waals surface area contributed by atoms with E-state index in [9.17, 15) is 19.5 Å². The van der Waals surface area contributed by atoms with Crippen LogP contribution in [-0.2, 0) is 4.79 Å². The third-order valence-electron chi connectivity index (χ3n) is 3.43. The van der Waals surface area contributed by atoms with Crippen molar-refractivity contribution in [3.8, 4) is 17.0 Å². The van der Waals surface area contributed by atoms with Gasteiger partial charge in [-0.15, -0.1) is 0 Å². The van der Waals surface area contributed by atoms with Crippen molar-refractivity contribution in [3.63, 3.8) is 0 Å². The summed E-state index contributed by atoms with van der Waals surface area (Å²) in [7, 11) is 0. The van der Waals surface area contributed by atoms with E-state index in [0.29, 0.717) is 5.56 Å². The maximum Gasteiger partial charge on any atom is 0.322 e. The lowest BCUT2D eigenvalue weighted by Gasteiger charge is -2.07. The molecule has 3 rings (SSSR count). The van der Waals surface area contributed by atoms with Gasteiger partial charge in [-0.1, -0.05) is 18.2 Å². The standard InChI is InChI=1S/C15H12N4O5/c20-10(21)6-17-14(23)11-13(22)12(18-19-15(11)24)8-5-16-9-4-2-1-3-7(8)9/h1-5,16H,6H2,(H,17,23)(H,20,21)(H2,19,22,24). The van der Waals surface area contributed by atoms with Crippen molar-refractivity contribution in [2.45, 2.75) is 0 Å². The highest BCUT2D eigenvalue weighted by atomic mass is 16.4. The number of carbonyl (C=O) groups is 2. The molecule has 0 bridgehead atoms. The zero-order valence-corrected chi connectivity index (χ0v) is 12.2. The predicted octanol–water partition coefficient (Wildman–Crippen LogP) is 0.438. The molecule has 0 radical (unpaired) electrons. The first-order chi connectivity index (χ1) is 11.5. The van der Waals surface area contributed by atoms with Crippen LogP contribution in [-0.4, -0.2) is 43.8 Å². The smallest absolute Gasteiger partial charge is 0.322 e. The third kappa shape index (κ3) is 2.58. The topological polar surface area (TPSA) is 148 Å². The Hall–Kier alpha value is -3.62. The van der Waals surface area contributed by atoms with Crippen molar-refractivity contribution < 1.29 is 19.8 Å². The van der Waals surface area contributed by atoms with Crippen LogP contribution < -0.4 is 10.9 Å². The molecule has 0 spiro atoms. The first-order valence-electron chi connectivity index (χ1n) is 6.87. The van der Waals surface area contributed by atoms with Gasteiger partial charge in [0.15, 0.2) is 5.75 Å². The number of aliphatic carboxylic acids is 1. The van der Waals surface area contributed by atoms with Crippen LogP contribution in [0.1, 0.15) is 10.4 Å². The van der Waals surface area contributed by atoms with Crippen molar-refractivity contribution in [2.75, 3.05) is 6.54 Å². The minimum absolute atomic E-state index is 0.00697. The molecule has 1 amide bonds. The van der Waals surface area contributed by atoms with Gasteiger partial charge >= 0.3 is 5.97 Å². The van der Waals surface area contributed by atoms with Crippen molar-refractivity contribution in [2.24, 2.45) is 0 Å². The largest absolute Gasteiger partial charge is 0.505 e. The normalized spacial score (nSPS) is 10.7. The molecule has 24 heavy (non-hydrogen) atoms. The van der Waals surface area contributed by atoms with Crippen molar-refractivity contribution in [1.29, 1.82) is 0 Å². The lowest BCUT2D eigenvalue weighted by Crippen LogP contribution is -2.33. The molecule has 3 aromatic rings. The van der Waals surface area contributed by atoms with E-state index in [2.05, 4.69) is 15.2 Å². The summed E-state index contributed by atoms with van der Waals surface area (Å²) in [5, 5.41) is 27.6. The van der Waals surface area contributed by atoms with E-state index in [-0.39, 0.29) is 5.69 Å². The number of carbonyl (C=O) groups excluding carboxylic acids is 1. The molecule has 0 aliphatic carbocycles. The summed E-state index contributed by atoms with van der Waals surface area (Å²) >= 11 is 0. The molecule has 0 saturated carbocycles. The summed E-state index contributed by atoms with van der Waals surface area (Å²) in [6.07, 6.45) is 1.59. The maximum atomic E-state index is 12.0. The first-order valence-corrected chi connectivity index (χ1v) is 6.87. The van der Waals surface area contributed by atoms with Crippen LogP contribution in [0.2, 0.25) is 0 Å². The Kier molecular flexibility index (Phi) is 3.74. The average Bonchev–Trinajstić information content (AvgIpc) is 2.97. The molecule has 0 fully saturated rings. The molecular weight excluding hydrogens is 316 g/mol. The summed E-state index contributed by atoms with van der Waals surface area (Å²) in [6.45, 7) is -0.678. The van der Waals surface area contributed by atoms with Gasteiger partial charge in [0, 0.05) is 22.7 Å². The zero-order chi connectivity index (χ0) is 17.3. The van der Waals surface area contributed by atoms with Gasteiger partial charge in [-0.25, -0.2) is 5.10 Å². The second-order valence-corrected chi connectivity index (χ2v) is 4.95.